The third kappa shape index (κ3) is 5.11. The van der Waals surface area contributed by atoms with Gasteiger partial charge < -0.3 is 24.3 Å². The molecule has 0 saturated carbocycles. The Labute approximate surface area is 191 Å². The van der Waals surface area contributed by atoms with Crippen molar-refractivity contribution in [2.75, 3.05) is 37.7 Å². The first kappa shape index (κ1) is 21.5. The summed E-state index contributed by atoms with van der Waals surface area (Å²) >= 11 is 11.5. The van der Waals surface area contributed by atoms with E-state index in [1.165, 1.54) is 0 Å². The van der Waals surface area contributed by atoms with Gasteiger partial charge in [0.05, 0.1) is 6.61 Å². The molecular weight excluding hydrogens is 434 g/mol. The van der Waals surface area contributed by atoms with E-state index in [4.69, 9.17) is 33.0 Å². The van der Waals surface area contributed by atoms with Gasteiger partial charge in [0.25, 0.3) is 0 Å². The number of nitrogens with one attached hydrogen (secondary N) is 1. The fourth-order valence-corrected chi connectivity index (χ4v) is 3.97. The zero-order chi connectivity index (χ0) is 21.8. The van der Waals surface area contributed by atoms with Gasteiger partial charge in [-0.05, 0) is 61.1 Å². The van der Waals surface area contributed by atoms with E-state index in [1.54, 1.807) is 13.0 Å². The van der Waals surface area contributed by atoms with Crippen LogP contribution in [-0.2, 0) is 11.3 Å². The minimum atomic E-state index is -0.437. The molecule has 8 heteroatoms. The maximum Gasteiger partial charge on any atom is 0.374 e. The van der Waals surface area contributed by atoms with Crippen LogP contribution in [0.25, 0.3) is 11.0 Å². The maximum atomic E-state index is 11.9. The fraction of sp³-hybridized carbons (Fsp3) is 0.304. The summed E-state index contributed by atoms with van der Waals surface area (Å²) < 4.78 is 10.6. The summed E-state index contributed by atoms with van der Waals surface area (Å²) in [4.78, 5) is 16.4. The molecule has 0 radical (unpaired) electrons. The molecule has 31 heavy (non-hydrogen) atoms. The number of esters is 1. The van der Waals surface area contributed by atoms with Gasteiger partial charge in [0.15, 0.2) is 5.11 Å². The van der Waals surface area contributed by atoms with Crippen LogP contribution in [-0.4, -0.2) is 48.8 Å². The Morgan fingerprint density at radius 1 is 1.13 bits per heavy atom. The van der Waals surface area contributed by atoms with Gasteiger partial charge in [0, 0.05) is 48.8 Å². The van der Waals surface area contributed by atoms with Crippen LogP contribution < -0.4 is 10.2 Å². The van der Waals surface area contributed by atoms with Gasteiger partial charge in [0.2, 0.25) is 5.76 Å². The number of thiocarbonyl (C=S) groups is 1. The van der Waals surface area contributed by atoms with Crippen LogP contribution in [0.15, 0.2) is 52.9 Å². The molecule has 2 aromatic carbocycles. The lowest BCUT2D eigenvalue weighted by Gasteiger charge is -2.37. The highest BCUT2D eigenvalue weighted by Gasteiger charge is 2.20. The molecule has 0 atom stereocenters. The number of piperazine rings is 1. The number of benzene rings is 2. The Morgan fingerprint density at radius 3 is 2.58 bits per heavy atom. The number of carbonyl (C=O) groups excluding carboxylic acids is 1. The maximum absolute atomic E-state index is 11.9. The highest BCUT2D eigenvalue weighted by molar-refractivity contribution is 7.80. The molecule has 4 rings (SSSR count). The van der Waals surface area contributed by atoms with Gasteiger partial charge in [-0.3, -0.25) is 0 Å². The van der Waals surface area contributed by atoms with Crippen molar-refractivity contribution in [2.24, 2.45) is 0 Å². The molecule has 3 aromatic rings. The molecule has 2 heterocycles. The normalized spacial score (nSPS) is 14.0. The number of nitrogens with zero attached hydrogens (tertiary/aromatic N) is 2. The van der Waals surface area contributed by atoms with E-state index in [2.05, 4.69) is 15.1 Å². The summed E-state index contributed by atoms with van der Waals surface area (Å²) in [7, 11) is 0. The number of hydrogen-bond donors (Lipinski definition) is 1. The molecular formula is C23H24ClN3O3S. The Hall–Kier alpha value is -2.77. The quantitative estimate of drug-likeness (QED) is 0.448. The number of halogens is 1. The lowest BCUT2D eigenvalue weighted by atomic mass is 10.2. The zero-order valence-electron chi connectivity index (χ0n) is 17.3. The van der Waals surface area contributed by atoms with Crippen LogP contribution >= 0.6 is 23.8 Å². The zero-order valence-corrected chi connectivity index (χ0v) is 18.8. The van der Waals surface area contributed by atoms with Crippen molar-refractivity contribution in [2.45, 2.75) is 13.5 Å². The lowest BCUT2D eigenvalue weighted by molar-refractivity contribution is 0.0492. The summed E-state index contributed by atoms with van der Waals surface area (Å²) in [5.74, 6) is -0.204. The molecule has 0 bridgehead atoms. The first-order chi connectivity index (χ1) is 15.0. The van der Waals surface area contributed by atoms with Crippen LogP contribution in [0.1, 0.15) is 23.0 Å². The highest BCUT2D eigenvalue weighted by Crippen LogP contribution is 2.26. The molecule has 0 unspecified atom stereocenters. The van der Waals surface area contributed by atoms with E-state index in [9.17, 15) is 4.79 Å². The van der Waals surface area contributed by atoms with E-state index in [1.807, 2.05) is 42.5 Å². The summed E-state index contributed by atoms with van der Waals surface area (Å²) in [6.45, 7) is 6.16. The van der Waals surface area contributed by atoms with Gasteiger partial charge in [-0.15, -0.1) is 0 Å². The molecule has 1 saturated heterocycles. The second-order valence-corrected chi connectivity index (χ2v) is 8.14. The molecule has 0 amide bonds. The predicted molar refractivity (Wildman–Crippen MR) is 127 cm³/mol. The van der Waals surface area contributed by atoms with Crippen molar-refractivity contribution in [1.82, 2.24) is 10.2 Å². The first-order valence-corrected chi connectivity index (χ1v) is 11.0. The second-order valence-electron chi connectivity index (χ2n) is 7.31. The van der Waals surface area contributed by atoms with Crippen molar-refractivity contribution in [3.8, 4) is 0 Å². The van der Waals surface area contributed by atoms with E-state index >= 15 is 0 Å². The SMILES string of the molecule is CCOC(=O)c1cc2cc(N3CCN(C(=S)NCc4ccc(Cl)cc4)CC3)ccc2o1. The van der Waals surface area contributed by atoms with Crippen LogP contribution in [0.3, 0.4) is 0 Å². The molecule has 1 aliphatic rings. The van der Waals surface area contributed by atoms with Crippen molar-refractivity contribution in [3.63, 3.8) is 0 Å². The van der Waals surface area contributed by atoms with Gasteiger partial charge in [-0.25, -0.2) is 4.79 Å². The third-order valence-electron chi connectivity index (χ3n) is 5.27. The average molecular weight is 458 g/mol. The third-order valence-corrected chi connectivity index (χ3v) is 5.92. The fourth-order valence-electron chi connectivity index (χ4n) is 3.59. The smallest absolute Gasteiger partial charge is 0.374 e. The van der Waals surface area contributed by atoms with Crippen molar-refractivity contribution in [3.05, 3.63) is 64.9 Å². The Morgan fingerprint density at radius 2 is 1.87 bits per heavy atom. The first-order valence-electron chi connectivity index (χ1n) is 10.3. The summed E-state index contributed by atoms with van der Waals surface area (Å²) in [6, 6.07) is 15.5. The van der Waals surface area contributed by atoms with Gasteiger partial charge in [-0.1, -0.05) is 23.7 Å². The number of furan rings is 1. The van der Waals surface area contributed by atoms with E-state index in [0.717, 1.165) is 53.0 Å². The van der Waals surface area contributed by atoms with Crippen LogP contribution in [0.2, 0.25) is 5.02 Å². The van der Waals surface area contributed by atoms with E-state index in [0.29, 0.717) is 18.7 Å². The van der Waals surface area contributed by atoms with Crippen LogP contribution in [0.5, 0.6) is 0 Å². The lowest BCUT2D eigenvalue weighted by Crippen LogP contribution is -2.51. The van der Waals surface area contributed by atoms with Crippen molar-refractivity contribution >= 4 is 51.6 Å². The van der Waals surface area contributed by atoms with Crippen LogP contribution in [0.4, 0.5) is 5.69 Å². The van der Waals surface area contributed by atoms with Crippen molar-refractivity contribution < 1.29 is 13.9 Å². The molecule has 1 aliphatic heterocycles. The van der Waals surface area contributed by atoms with Crippen molar-refractivity contribution in [1.29, 1.82) is 0 Å². The number of ether oxygens (including phenoxy) is 1. The largest absolute Gasteiger partial charge is 0.460 e. The second kappa shape index (κ2) is 9.58. The van der Waals surface area contributed by atoms with E-state index in [-0.39, 0.29) is 5.76 Å². The standard InChI is InChI=1S/C23H24ClN3O3S/c1-2-29-22(28)21-14-17-13-19(7-8-20(17)30-21)26-9-11-27(12-10-26)23(31)25-15-16-3-5-18(24)6-4-16/h3-8,13-14H,2,9-12,15H2,1H3,(H,25,31). The summed E-state index contributed by atoms with van der Waals surface area (Å²) in [6.07, 6.45) is 0. The summed E-state index contributed by atoms with van der Waals surface area (Å²) in [5, 5.41) is 5.71. The van der Waals surface area contributed by atoms with E-state index < -0.39 is 5.97 Å². The molecule has 1 fully saturated rings. The molecule has 0 aliphatic carbocycles. The van der Waals surface area contributed by atoms with Crippen LogP contribution in [0, 0.1) is 0 Å². The Bertz CT molecular complexity index is 1080. The number of carbonyl (C=O) groups is 1. The van der Waals surface area contributed by atoms with Gasteiger partial charge in [0.1, 0.15) is 5.58 Å². The Kier molecular flexibility index (Phi) is 6.63. The Balaban J connectivity index is 1.33. The molecule has 0 spiro atoms. The monoisotopic (exact) mass is 457 g/mol. The number of hydrogen-bond acceptors (Lipinski definition) is 5. The molecule has 1 N–H and O–H groups in total. The highest BCUT2D eigenvalue weighted by atomic mass is 35.5. The molecule has 6 nitrogen and oxygen atoms in total. The predicted octanol–water partition coefficient (Wildman–Crippen LogP) is 4.46. The minimum Gasteiger partial charge on any atom is -0.460 e. The van der Waals surface area contributed by atoms with Gasteiger partial charge in [-0.2, -0.15) is 0 Å². The number of anilines is 1. The van der Waals surface area contributed by atoms with Gasteiger partial charge >= 0.3 is 5.97 Å². The number of fused-ring (bicyclic) bond motifs is 1. The molecule has 1 aromatic heterocycles. The number of rotatable bonds is 5. The minimum absolute atomic E-state index is 0.232. The summed E-state index contributed by atoms with van der Waals surface area (Å²) in [5.41, 5.74) is 2.92. The topological polar surface area (TPSA) is 58.0 Å². The average Bonchev–Trinajstić information content (AvgIpc) is 3.22. The molecule has 162 valence electrons.